The average molecular weight is 307 g/mol. The molecule has 0 unspecified atom stereocenters. The molecule has 0 bridgehead atoms. The van der Waals surface area contributed by atoms with Crippen LogP contribution in [0.25, 0.3) is 4.96 Å². The van der Waals surface area contributed by atoms with Crippen LogP contribution in [-0.2, 0) is 6.54 Å². The minimum Gasteiger partial charge on any atom is -0.377 e. The van der Waals surface area contributed by atoms with Crippen LogP contribution in [0.2, 0.25) is 5.15 Å². The summed E-state index contributed by atoms with van der Waals surface area (Å²) in [5.41, 5.74) is 4.17. The van der Waals surface area contributed by atoms with Crippen LogP contribution >= 0.6 is 22.9 Å². The molecule has 0 spiro atoms. The molecule has 20 heavy (non-hydrogen) atoms. The van der Waals surface area contributed by atoms with Crippen molar-refractivity contribution in [1.82, 2.24) is 14.4 Å². The number of aryl methyl sites for hydroxylation is 3. The van der Waals surface area contributed by atoms with Crippen LogP contribution in [0.4, 0.5) is 5.69 Å². The van der Waals surface area contributed by atoms with Crippen LogP contribution in [0, 0.1) is 20.8 Å². The molecule has 0 aliphatic heterocycles. The van der Waals surface area contributed by atoms with Crippen molar-refractivity contribution in [1.29, 1.82) is 0 Å². The lowest BCUT2D eigenvalue weighted by Gasteiger charge is -2.10. The second-order valence-electron chi connectivity index (χ2n) is 4.79. The zero-order valence-electron chi connectivity index (χ0n) is 11.6. The predicted octanol–water partition coefficient (Wildman–Crippen LogP) is 3.98. The van der Waals surface area contributed by atoms with E-state index >= 15 is 0 Å². The van der Waals surface area contributed by atoms with Gasteiger partial charge in [0.15, 0.2) is 10.1 Å². The molecule has 0 radical (unpaired) electrons. The zero-order chi connectivity index (χ0) is 14.3. The van der Waals surface area contributed by atoms with E-state index in [2.05, 4.69) is 32.8 Å². The topological polar surface area (TPSA) is 42.2 Å². The zero-order valence-corrected chi connectivity index (χ0v) is 13.1. The number of hydrogen-bond acceptors (Lipinski definition) is 4. The van der Waals surface area contributed by atoms with Crippen LogP contribution in [-0.4, -0.2) is 14.4 Å². The molecule has 1 N–H and O–H groups in total. The molecular formula is C14H15ClN4S. The quantitative estimate of drug-likeness (QED) is 0.744. The molecule has 3 heterocycles. The number of pyridine rings is 1. The number of imidazole rings is 1. The van der Waals surface area contributed by atoms with Crippen molar-refractivity contribution < 1.29 is 0 Å². The molecular weight excluding hydrogens is 292 g/mol. The number of rotatable bonds is 3. The number of nitrogens with one attached hydrogen (secondary N) is 1. The Morgan fingerprint density at radius 1 is 1.35 bits per heavy atom. The van der Waals surface area contributed by atoms with Crippen LogP contribution in [0.1, 0.15) is 21.8 Å². The van der Waals surface area contributed by atoms with Crippen molar-refractivity contribution in [3.63, 3.8) is 0 Å². The molecule has 0 amide bonds. The number of fused-ring (bicyclic) bond motifs is 1. The minimum atomic E-state index is 0.505. The minimum absolute atomic E-state index is 0.505. The van der Waals surface area contributed by atoms with Crippen molar-refractivity contribution in [2.75, 3.05) is 5.32 Å². The van der Waals surface area contributed by atoms with Crippen molar-refractivity contribution in [2.24, 2.45) is 0 Å². The summed E-state index contributed by atoms with van der Waals surface area (Å²) in [5, 5.41) is 3.88. The first-order valence-electron chi connectivity index (χ1n) is 6.35. The molecule has 0 saturated heterocycles. The normalized spacial score (nSPS) is 11.2. The summed E-state index contributed by atoms with van der Waals surface area (Å²) in [6.07, 6.45) is 3.84. The van der Waals surface area contributed by atoms with Gasteiger partial charge in [-0.15, -0.1) is 11.3 Å². The molecule has 0 saturated carbocycles. The van der Waals surface area contributed by atoms with E-state index < -0.39 is 0 Å². The number of nitrogens with zero attached hydrogens (tertiary/aromatic N) is 3. The summed E-state index contributed by atoms with van der Waals surface area (Å²) in [6.45, 7) is 6.82. The lowest BCUT2D eigenvalue weighted by molar-refractivity contribution is 0.987. The fourth-order valence-electron chi connectivity index (χ4n) is 2.23. The van der Waals surface area contributed by atoms with E-state index in [0.717, 1.165) is 27.6 Å². The Morgan fingerprint density at radius 2 is 2.15 bits per heavy atom. The Labute approximate surface area is 126 Å². The largest absolute Gasteiger partial charge is 0.377 e. The van der Waals surface area contributed by atoms with Gasteiger partial charge in [-0.05, 0) is 32.4 Å². The van der Waals surface area contributed by atoms with Gasteiger partial charge in [-0.2, -0.15) is 0 Å². The molecule has 3 aromatic rings. The fourth-order valence-corrected chi connectivity index (χ4v) is 3.39. The summed E-state index contributed by atoms with van der Waals surface area (Å²) in [4.78, 5) is 11.0. The van der Waals surface area contributed by atoms with Gasteiger partial charge < -0.3 is 5.32 Å². The summed E-state index contributed by atoms with van der Waals surface area (Å²) >= 11 is 7.84. The lowest BCUT2D eigenvalue weighted by Crippen LogP contribution is -2.05. The first-order chi connectivity index (χ1) is 9.56. The van der Waals surface area contributed by atoms with Gasteiger partial charge in [0.1, 0.15) is 0 Å². The van der Waals surface area contributed by atoms with Crippen molar-refractivity contribution in [3.05, 3.63) is 45.4 Å². The second-order valence-corrected chi connectivity index (χ2v) is 6.36. The predicted molar refractivity (Wildman–Crippen MR) is 83.9 cm³/mol. The van der Waals surface area contributed by atoms with Crippen molar-refractivity contribution >= 4 is 33.6 Å². The van der Waals surface area contributed by atoms with Crippen molar-refractivity contribution in [2.45, 2.75) is 27.3 Å². The molecule has 6 heteroatoms. The highest BCUT2D eigenvalue weighted by Gasteiger charge is 2.12. The van der Waals surface area contributed by atoms with Gasteiger partial charge in [0.05, 0.1) is 23.6 Å². The van der Waals surface area contributed by atoms with E-state index in [1.165, 1.54) is 4.88 Å². The van der Waals surface area contributed by atoms with E-state index in [1.54, 1.807) is 17.5 Å². The van der Waals surface area contributed by atoms with E-state index in [-0.39, 0.29) is 0 Å². The molecule has 0 aliphatic carbocycles. The van der Waals surface area contributed by atoms with Gasteiger partial charge in [-0.3, -0.25) is 4.40 Å². The van der Waals surface area contributed by atoms with Crippen LogP contribution in [0.3, 0.4) is 0 Å². The summed E-state index contributed by atoms with van der Waals surface area (Å²) < 4.78 is 2.14. The van der Waals surface area contributed by atoms with Gasteiger partial charge in [-0.25, -0.2) is 9.97 Å². The van der Waals surface area contributed by atoms with E-state index in [0.29, 0.717) is 11.7 Å². The maximum Gasteiger partial charge on any atom is 0.194 e. The Balaban J connectivity index is 1.92. The number of anilines is 1. The highest BCUT2D eigenvalue weighted by molar-refractivity contribution is 7.17. The number of halogens is 1. The Morgan fingerprint density at radius 3 is 2.90 bits per heavy atom. The fraction of sp³-hybridized carbons (Fsp3) is 0.286. The monoisotopic (exact) mass is 306 g/mol. The third-order valence-corrected chi connectivity index (χ3v) is 4.47. The van der Waals surface area contributed by atoms with Gasteiger partial charge >= 0.3 is 0 Å². The first kappa shape index (κ1) is 13.4. The molecule has 0 fully saturated rings. The van der Waals surface area contributed by atoms with Crippen molar-refractivity contribution in [3.8, 4) is 0 Å². The summed E-state index contributed by atoms with van der Waals surface area (Å²) in [7, 11) is 0. The third kappa shape index (κ3) is 2.27. The van der Waals surface area contributed by atoms with E-state index in [1.807, 2.05) is 19.9 Å². The van der Waals surface area contributed by atoms with Gasteiger partial charge in [-0.1, -0.05) is 11.6 Å². The SMILES string of the molecule is Cc1cn2c(CNc3c(C)ccnc3Cl)c(C)nc2s1. The van der Waals surface area contributed by atoms with Gasteiger partial charge in [0, 0.05) is 17.3 Å². The smallest absolute Gasteiger partial charge is 0.194 e. The van der Waals surface area contributed by atoms with Gasteiger partial charge in [0.2, 0.25) is 0 Å². The molecule has 0 aliphatic rings. The van der Waals surface area contributed by atoms with E-state index in [9.17, 15) is 0 Å². The molecule has 3 rings (SSSR count). The molecule has 0 aromatic carbocycles. The second kappa shape index (κ2) is 5.07. The van der Waals surface area contributed by atoms with Gasteiger partial charge in [0.25, 0.3) is 0 Å². The summed E-state index contributed by atoms with van der Waals surface area (Å²) in [6, 6.07) is 1.95. The first-order valence-corrected chi connectivity index (χ1v) is 7.54. The Bertz CT molecular complexity index is 755. The molecule has 104 valence electrons. The Kier molecular flexibility index (Phi) is 3.40. The number of thiazole rings is 1. The number of aromatic nitrogens is 3. The van der Waals surface area contributed by atoms with E-state index in [4.69, 9.17) is 11.6 Å². The molecule has 4 nitrogen and oxygen atoms in total. The maximum atomic E-state index is 6.14. The van der Waals surface area contributed by atoms with Crippen LogP contribution in [0.15, 0.2) is 18.5 Å². The van der Waals surface area contributed by atoms with Crippen LogP contribution in [0.5, 0.6) is 0 Å². The molecule has 3 aromatic heterocycles. The molecule has 0 atom stereocenters. The standard InChI is InChI=1S/C14H15ClN4S/c1-8-4-5-16-13(15)12(8)17-6-11-10(3)18-14-19(11)7-9(2)20-14/h4-5,7,17H,6H2,1-3H3. The number of hydrogen-bond donors (Lipinski definition) is 1. The lowest BCUT2D eigenvalue weighted by atomic mass is 10.2. The highest BCUT2D eigenvalue weighted by Crippen LogP contribution is 2.25. The average Bonchev–Trinajstić information content (AvgIpc) is 2.85. The third-order valence-electron chi connectivity index (χ3n) is 3.29. The van der Waals surface area contributed by atoms with Crippen LogP contribution < -0.4 is 5.32 Å². The maximum absolute atomic E-state index is 6.14. The Hall–Kier alpha value is -1.59. The highest BCUT2D eigenvalue weighted by atomic mass is 35.5. The summed E-state index contributed by atoms with van der Waals surface area (Å²) in [5.74, 6) is 0.